The lowest BCUT2D eigenvalue weighted by molar-refractivity contribution is -0.119. The first-order chi connectivity index (χ1) is 15.1. The quantitative estimate of drug-likeness (QED) is 0.527. The minimum Gasteiger partial charge on any atom is -0.462 e. The monoisotopic (exact) mass is 418 g/mol. The Hall–Kier alpha value is -4.13. The number of para-hydroxylation sites is 3. The van der Waals surface area contributed by atoms with Gasteiger partial charge in [0.1, 0.15) is 0 Å². The minimum absolute atomic E-state index is 0.217. The van der Waals surface area contributed by atoms with Gasteiger partial charge in [0.25, 0.3) is 5.91 Å². The van der Waals surface area contributed by atoms with E-state index in [1.165, 1.54) is 0 Å². The molecule has 1 amide bonds. The number of anilines is 3. The highest BCUT2D eigenvalue weighted by Crippen LogP contribution is 2.21. The number of carbonyl (C=O) groups is 3. The number of ether oxygens (including phenoxy) is 2. The average molecular weight is 418 g/mol. The predicted octanol–water partition coefficient (Wildman–Crippen LogP) is 4.40. The van der Waals surface area contributed by atoms with Crippen molar-refractivity contribution in [2.45, 2.75) is 6.92 Å². The molecule has 7 heteroatoms. The molecule has 0 saturated carbocycles. The second-order valence-electron chi connectivity index (χ2n) is 6.43. The molecule has 0 aliphatic carbocycles. The van der Waals surface area contributed by atoms with Gasteiger partial charge >= 0.3 is 11.9 Å². The second-order valence-corrected chi connectivity index (χ2v) is 6.43. The fourth-order valence-corrected chi connectivity index (χ4v) is 2.82. The number of carbonyl (C=O) groups excluding carboxylic acids is 3. The topological polar surface area (TPSA) is 93.7 Å². The third-order valence-corrected chi connectivity index (χ3v) is 4.23. The molecule has 3 rings (SSSR count). The molecule has 0 aliphatic rings. The zero-order chi connectivity index (χ0) is 22.1. The van der Waals surface area contributed by atoms with Gasteiger partial charge in [-0.25, -0.2) is 9.59 Å². The summed E-state index contributed by atoms with van der Waals surface area (Å²) in [5.41, 5.74) is 2.18. The molecule has 0 bridgehead atoms. The first-order valence-electron chi connectivity index (χ1n) is 9.72. The smallest absolute Gasteiger partial charge is 0.340 e. The highest BCUT2D eigenvalue weighted by atomic mass is 16.5. The Balaban J connectivity index is 1.63. The van der Waals surface area contributed by atoms with E-state index in [2.05, 4.69) is 10.6 Å². The van der Waals surface area contributed by atoms with Crippen molar-refractivity contribution >= 4 is 34.9 Å². The van der Waals surface area contributed by atoms with E-state index >= 15 is 0 Å². The maximum Gasteiger partial charge on any atom is 0.340 e. The van der Waals surface area contributed by atoms with Crippen LogP contribution < -0.4 is 10.6 Å². The number of amides is 1. The van der Waals surface area contributed by atoms with Crippen molar-refractivity contribution in [3.05, 3.63) is 90.0 Å². The zero-order valence-electron chi connectivity index (χ0n) is 17.0. The summed E-state index contributed by atoms with van der Waals surface area (Å²) in [6.07, 6.45) is 0. The normalized spacial score (nSPS) is 10.1. The van der Waals surface area contributed by atoms with Crippen LogP contribution in [0, 0.1) is 0 Å². The number of benzene rings is 3. The Bertz CT molecular complexity index is 1070. The molecule has 0 atom stereocenters. The van der Waals surface area contributed by atoms with E-state index in [1.54, 1.807) is 55.5 Å². The largest absolute Gasteiger partial charge is 0.462 e. The zero-order valence-corrected chi connectivity index (χ0v) is 17.0. The Morgan fingerprint density at radius 2 is 1.26 bits per heavy atom. The van der Waals surface area contributed by atoms with Crippen molar-refractivity contribution < 1.29 is 23.9 Å². The Kier molecular flexibility index (Phi) is 7.37. The summed E-state index contributed by atoms with van der Waals surface area (Å²) in [5.74, 6) is -1.76. The number of nitrogens with one attached hydrogen (secondary N) is 2. The van der Waals surface area contributed by atoms with Gasteiger partial charge in [-0.05, 0) is 43.3 Å². The second kappa shape index (κ2) is 10.6. The number of hydrogen-bond acceptors (Lipinski definition) is 6. The molecular formula is C24H22N2O5. The maximum absolute atomic E-state index is 12.6. The highest BCUT2D eigenvalue weighted by molar-refractivity contribution is 6.03. The van der Waals surface area contributed by atoms with Gasteiger partial charge in [-0.3, -0.25) is 4.79 Å². The van der Waals surface area contributed by atoms with E-state index < -0.39 is 24.5 Å². The number of esters is 2. The third kappa shape index (κ3) is 5.93. The van der Waals surface area contributed by atoms with E-state index in [4.69, 9.17) is 9.47 Å². The molecule has 158 valence electrons. The van der Waals surface area contributed by atoms with E-state index in [-0.39, 0.29) is 17.9 Å². The summed E-state index contributed by atoms with van der Waals surface area (Å²) in [6, 6.07) is 22.7. The predicted molar refractivity (Wildman–Crippen MR) is 117 cm³/mol. The molecule has 0 saturated heterocycles. The SMILES string of the molecule is CCOC(=O)c1ccccc1NC(=O)COC(=O)c1ccccc1Nc1ccccc1. The number of rotatable bonds is 8. The van der Waals surface area contributed by atoms with Gasteiger partial charge in [-0.2, -0.15) is 0 Å². The summed E-state index contributed by atoms with van der Waals surface area (Å²) in [4.78, 5) is 36.9. The summed E-state index contributed by atoms with van der Waals surface area (Å²) >= 11 is 0. The molecule has 0 spiro atoms. The van der Waals surface area contributed by atoms with E-state index in [0.29, 0.717) is 11.3 Å². The van der Waals surface area contributed by atoms with Gasteiger partial charge < -0.3 is 20.1 Å². The molecule has 0 aliphatic heterocycles. The van der Waals surface area contributed by atoms with Crippen LogP contribution in [0.25, 0.3) is 0 Å². The van der Waals surface area contributed by atoms with Crippen LogP contribution in [-0.2, 0) is 14.3 Å². The highest BCUT2D eigenvalue weighted by Gasteiger charge is 2.17. The van der Waals surface area contributed by atoms with Gasteiger partial charge in [0.05, 0.1) is 29.1 Å². The third-order valence-electron chi connectivity index (χ3n) is 4.23. The van der Waals surface area contributed by atoms with E-state index in [1.807, 2.05) is 30.3 Å². The minimum atomic E-state index is -0.646. The van der Waals surface area contributed by atoms with Crippen LogP contribution in [0.3, 0.4) is 0 Å². The van der Waals surface area contributed by atoms with Crippen molar-refractivity contribution in [3.63, 3.8) is 0 Å². The van der Waals surface area contributed by atoms with Crippen molar-refractivity contribution in [1.29, 1.82) is 0 Å². The number of hydrogen-bond donors (Lipinski definition) is 2. The average Bonchev–Trinajstić information content (AvgIpc) is 2.79. The van der Waals surface area contributed by atoms with Crippen molar-refractivity contribution in [1.82, 2.24) is 0 Å². The summed E-state index contributed by atoms with van der Waals surface area (Å²) in [5, 5.41) is 5.74. The van der Waals surface area contributed by atoms with Crippen LogP contribution >= 0.6 is 0 Å². The van der Waals surface area contributed by atoms with Gasteiger partial charge in [0, 0.05) is 5.69 Å². The molecule has 0 radical (unpaired) electrons. The summed E-state index contributed by atoms with van der Waals surface area (Å²) < 4.78 is 10.2. The molecule has 0 heterocycles. The van der Waals surface area contributed by atoms with Crippen LogP contribution in [0.15, 0.2) is 78.9 Å². The van der Waals surface area contributed by atoms with Gasteiger partial charge in [-0.1, -0.05) is 42.5 Å². The molecule has 0 aromatic heterocycles. The lowest BCUT2D eigenvalue weighted by Crippen LogP contribution is -2.22. The molecule has 0 fully saturated rings. The van der Waals surface area contributed by atoms with Crippen molar-refractivity contribution in [3.8, 4) is 0 Å². The van der Waals surface area contributed by atoms with Crippen LogP contribution in [0.1, 0.15) is 27.6 Å². The Morgan fingerprint density at radius 3 is 1.94 bits per heavy atom. The van der Waals surface area contributed by atoms with Crippen molar-refractivity contribution in [2.24, 2.45) is 0 Å². The van der Waals surface area contributed by atoms with Crippen LogP contribution in [-0.4, -0.2) is 31.1 Å². The van der Waals surface area contributed by atoms with Gasteiger partial charge in [0.15, 0.2) is 6.61 Å². The Morgan fingerprint density at radius 1 is 0.710 bits per heavy atom. The first-order valence-corrected chi connectivity index (χ1v) is 9.72. The fraction of sp³-hybridized carbons (Fsp3) is 0.125. The Labute approximate surface area is 180 Å². The molecular weight excluding hydrogens is 396 g/mol. The molecule has 31 heavy (non-hydrogen) atoms. The molecule has 7 nitrogen and oxygen atoms in total. The van der Waals surface area contributed by atoms with Gasteiger partial charge in [0.2, 0.25) is 0 Å². The van der Waals surface area contributed by atoms with E-state index in [9.17, 15) is 14.4 Å². The first kappa shape index (κ1) is 21.6. The summed E-state index contributed by atoms with van der Waals surface area (Å²) in [6.45, 7) is 1.41. The van der Waals surface area contributed by atoms with Crippen molar-refractivity contribution in [2.75, 3.05) is 23.8 Å². The van der Waals surface area contributed by atoms with Crippen LogP contribution in [0.2, 0.25) is 0 Å². The van der Waals surface area contributed by atoms with Crippen LogP contribution in [0.5, 0.6) is 0 Å². The summed E-state index contributed by atoms with van der Waals surface area (Å²) in [7, 11) is 0. The molecule has 3 aromatic rings. The standard InChI is InChI=1S/C24H22N2O5/c1-2-30-23(28)19-13-7-9-15-21(19)26-22(27)16-31-24(29)18-12-6-8-14-20(18)25-17-10-4-3-5-11-17/h3-15,25H,2,16H2,1H3,(H,26,27). The molecule has 2 N–H and O–H groups in total. The van der Waals surface area contributed by atoms with E-state index in [0.717, 1.165) is 5.69 Å². The van der Waals surface area contributed by atoms with Gasteiger partial charge in [-0.15, -0.1) is 0 Å². The maximum atomic E-state index is 12.6. The fourth-order valence-electron chi connectivity index (χ4n) is 2.82. The lowest BCUT2D eigenvalue weighted by Gasteiger charge is -2.13. The van der Waals surface area contributed by atoms with Crippen LogP contribution in [0.4, 0.5) is 17.1 Å². The lowest BCUT2D eigenvalue weighted by atomic mass is 10.1. The molecule has 0 unspecified atom stereocenters. The molecule has 3 aromatic carbocycles.